The Morgan fingerprint density at radius 3 is 2.81 bits per heavy atom. The van der Waals surface area contributed by atoms with Crippen molar-refractivity contribution >= 4 is 11.7 Å². The first-order chi connectivity index (χ1) is 17.5. The molecular weight excluding hydrogens is 458 g/mol. The Bertz CT molecular complexity index is 1410. The maximum Gasteiger partial charge on any atom is 0.261 e. The van der Waals surface area contributed by atoms with E-state index in [4.69, 9.17) is 14.2 Å². The van der Waals surface area contributed by atoms with Crippen LogP contribution < -0.4 is 15.4 Å². The fourth-order valence-corrected chi connectivity index (χ4v) is 4.73. The van der Waals surface area contributed by atoms with E-state index in [9.17, 15) is 4.79 Å². The number of amides is 1. The van der Waals surface area contributed by atoms with Gasteiger partial charge in [0.25, 0.3) is 5.89 Å². The third-order valence-corrected chi connectivity index (χ3v) is 7.07. The third kappa shape index (κ3) is 3.98. The van der Waals surface area contributed by atoms with Crippen LogP contribution >= 0.6 is 0 Å². The molecule has 184 valence electrons. The van der Waals surface area contributed by atoms with Crippen molar-refractivity contribution < 1.29 is 14.1 Å². The van der Waals surface area contributed by atoms with E-state index in [1.165, 1.54) is 0 Å². The molecular formula is C26H27N7O3. The second-order valence-corrected chi connectivity index (χ2v) is 9.42. The van der Waals surface area contributed by atoms with Crippen LogP contribution in [0, 0.1) is 5.92 Å². The lowest BCUT2D eigenvalue weighted by Crippen LogP contribution is -2.28. The molecule has 0 unspecified atom stereocenters. The largest absolute Gasteiger partial charge is 0.488 e. The Kier molecular flexibility index (Phi) is 5.43. The number of benzene rings is 1. The zero-order chi connectivity index (χ0) is 24.7. The molecule has 6 rings (SSSR count). The number of likely N-dealkylation sites (N-methyl/N-ethyl adjacent to an activating group) is 1. The average Bonchev–Trinajstić information content (AvgIpc) is 3.48. The Morgan fingerprint density at radius 2 is 2.03 bits per heavy atom. The predicted octanol–water partition coefficient (Wildman–Crippen LogP) is 3.26. The molecule has 2 N–H and O–H groups in total. The number of rotatable bonds is 7. The summed E-state index contributed by atoms with van der Waals surface area (Å²) in [4.78, 5) is 20.9. The second-order valence-electron chi connectivity index (χ2n) is 9.42. The molecule has 36 heavy (non-hydrogen) atoms. The summed E-state index contributed by atoms with van der Waals surface area (Å²) in [5.74, 6) is 2.93. The van der Waals surface area contributed by atoms with Crippen LogP contribution in [0.1, 0.15) is 31.2 Å². The molecule has 10 heteroatoms. The van der Waals surface area contributed by atoms with Gasteiger partial charge in [0, 0.05) is 25.0 Å². The Hall–Kier alpha value is -4.21. The molecule has 1 aliphatic heterocycles. The molecule has 1 saturated carbocycles. The highest BCUT2D eigenvalue weighted by Gasteiger charge is 2.47. The van der Waals surface area contributed by atoms with Gasteiger partial charge in [-0.1, -0.05) is 29.4 Å². The molecule has 1 fully saturated rings. The molecule has 0 saturated heterocycles. The molecule has 0 bridgehead atoms. The summed E-state index contributed by atoms with van der Waals surface area (Å²) in [5, 5.41) is 14.5. The first kappa shape index (κ1) is 22.3. The zero-order valence-electron chi connectivity index (χ0n) is 20.2. The lowest BCUT2D eigenvalue weighted by Gasteiger charge is -2.27. The minimum atomic E-state index is -0.375. The number of nitrogens with one attached hydrogen (secondary N) is 2. The van der Waals surface area contributed by atoms with Crippen molar-refractivity contribution in [1.82, 2.24) is 30.2 Å². The van der Waals surface area contributed by atoms with Crippen LogP contribution in [0.4, 0.5) is 5.82 Å². The fraction of sp³-hybridized carbons (Fsp3) is 0.346. The first-order valence-corrected chi connectivity index (χ1v) is 12.1. The molecule has 2 aliphatic rings. The van der Waals surface area contributed by atoms with Crippen molar-refractivity contribution in [3.8, 4) is 28.3 Å². The number of aromatic nitrogens is 5. The highest BCUT2D eigenvalue weighted by molar-refractivity contribution is 5.75. The van der Waals surface area contributed by atoms with Gasteiger partial charge in [0.05, 0.1) is 23.7 Å². The maximum absolute atomic E-state index is 11.6. The number of ether oxygens (including phenoxy) is 1. The number of hydrogen-bond acceptors (Lipinski definition) is 8. The summed E-state index contributed by atoms with van der Waals surface area (Å²) in [6, 6.07) is 10.5. The SMILES string of the molecule is CNC(=O)Cn1cc(-c2nc([C@@](C)(c3ccc(-c4cnc5c(c4)OCCN5)cc3)C3CC3)no2)cn1. The minimum absolute atomic E-state index is 0.129. The molecule has 1 aliphatic carbocycles. The Balaban J connectivity index is 1.27. The Labute approximate surface area is 208 Å². The normalized spacial score (nSPS) is 16.4. The minimum Gasteiger partial charge on any atom is -0.488 e. The van der Waals surface area contributed by atoms with Crippen molar-refractivity contribution in [2.24, 2.45) is 5.92 Å². The van der Waals surface area contributed by atoms with Crippen LogP contribution in [0.5, 0.6) is 5.75 Å². The van der Waals surface area contributed by atoms with Gasteiger partial charge >= 0.3 is 0 Å². The van der Waals surface area contributed by atoms with Crippen molar-refractivity contribution in [2.45, 2.75) is 31.7 Å². The lowest BCUT2D eigenvalue weighted by atomic mass is 9.76. The van der Waals surface area contributed by atoms with Crippen LogP contribution in [-0.4, -0.2) is 51.0 Å². The molecule has 1 atom stereocenters. The van der Waals surface area contributed by atoms with Crippen LogP contribution in [0.25, 0.3) is 22.6 Å². The van der Waals surface area contributed by atoms with Gasteiger partial charge in [-0.2, -0.15) is 10.1 Å². The van der Waals surface area contributed by atoms with Gasteiger partial charge in [-0.25, -0.2) is 4.98 Å². The predicted molar refractivity (Wildman–Crippen MR) is 132 cm³/mol. The van der Waals surface area contributed by atoms with E-state index in [2.05, 4.69) is 57.1 Å². The summed E-state index contributed by atoms with van der Waals surface area (Å²) in [7, 11) is 1.60. The number of carbonyl (C=O) groups excluding carboxylic acids is 1. The number of anilines is 1. The fourth-order valence-electron chi connectivity index (χ4n) is 4.73. The van der Waals surface area contributed by atoms with E-state index in [0.717, 1.165) is 47.6 Å². The number of pyridine rings is 1. The van der Waals surface area contributed by atoms with E-state index in [-0.39, 0.29) is 17.9 Å². The molecule has 1 amide bonds. The quantitative estimate of drug-likeness (QED) is 0.409. The lowest BCUT2D eigenvalue weighted by molar-refractivity contribution is -0.121. The van der Waals surface area contributed by atoms with Gasteiger partial charge in [0.1, 0.15) is 13.2 Å². The van der Waals surface area contributed by atoms with E-state index >= 15 is 0 Å². The van der Waals surface area contributed by atoms with Gasteiger partial charge in [-0.05, 0) is 42.9 Å². The first-order valence-electron chi connectivity index (χ1n) is 12.1. The number of hydrogen-bond donors (Lipinski definition) is 2. The van der Waals surface area contributed by atoms with E-state index < -0.39 is 0 Å². The van der Waals surface area contributed by atoms with Gasteiger partial charge in [0.2, 0.25) is 5.91 Å². The summed E-state index contributed by atoms with van der Waals surface area (Å²) in [6.07, 6.45) is 7.47. The summed E-state index contributed by atoms with van der Waals surface area (Å²) in [6.45, 7) is 3.72. The molecule has 10 nitrogen and oxygen atoms in total. The van der Waals surface area contributed by atoms with Crippen molar-refractivity contribution in [3.63, 3.8) is 0 Å². The van der Waals surface area contributed by atoms with Gasteiger partial charge < -0.3 is 19.9 Å². The monoisotopic (exact) mass is 485 g/mol. The summed E-state index contributed by atoms with van der Waals surface area (Å²) in [5.41, 5.74) is 3.52. The molecule has 0 spiro atoms. The highest BCUT2D eigenvalue weighted by atomic mass is 16.5. The third-order valence-electron chi connectivity index (χ3n) is 7.07. The zero-order valence-corrected chi connectivity index (χ0v) is 20.2. The second kappa shape index (κ2) is 8.78. The highest BCUT2D eigenvalue weighted by Crippen LogP contribution is 2.50. The van der Waals surface area contributed by atoms with Gasteiger partial charge in [-0.15, -0.1) is 0 Å². The molecule has 4 heterocycles. The smallest absolute Gasteiger partial charge is 0.261 e. The summed E-state index contributed by atoms with van der Waals surface area (Å²) < 4.78 is 12.9. The maximum atomic E-state index is 11.6. The number of carbonyl (C=O) groups is 1. The van der Waals surface area contributed by atoms with E-state index in [1.54, 1.807) is 24.1 Å². The van der Waals surface area contributed by atoms with Crippen molar-refractivity contribution in [3.05, 3.63) is 60.3 Å². The Morgan fingerprint density at radius 1 is 1.19 bits per heavy atom. The van der Waals surface area contributed by atoms with Crippen LogP contribution in [0.3, 0.4) is 0 Å². The van der Waals surface area contributed by atoms with E-state index in [1.807, 2.05) is 12.3 Å². The van der Waals surface area contributed by atoms with Crippen molar-refractivity contribution in [2.75, 3.05) is 25.5 Å². The van der Waals surface area contributed by atoms with Crippen LogP contribution in [-0.2, 0) is 16.8 Å². The summed E-state index contributed by atoms with van der Waals surface area (Å²) >= 11 is 0. The topological polar surface area (TPSA) is 120 Å². The molecule has 4 aromatic rings. The average molecular weight is 486 g/mol. The van der Waals surface area contributed by atoms with Crippen molar-refractivity contribution in [1.29, 1.82) is 0 Å². The van der Waals surface area contributed by atoms with Crippen LogP contribution in [0.15, 0.2) is 53.4 Å². The number of fused-ring (bicyclic) bond motifs is 1. The molecule has 0 radical (unpaired) electrons. The standard InChI is InChI=1S/C26H27N7O3/c1-26(20-7-8-20,25-31-24(36-32-25)18-13-30-33(14-18)15-22(34)27-2)19-5-3-16(4-6-19)17-11-21-23(29-12-17)28-9-10-35-21/h3-6,11-14,20H,7-10,15H2,1-2H3,(H,27,34)(H,28,29)/t26-/m0/s1. The number of nitrogens with zero attached hydrogens (tertiary/aromatic N) is 5. The molecule has 3 aromatic heterocycles. The molecule has 1 aromatic carbocycles. The van der Waals surface area contributed by atoms with Gasteiger partial charge in [-0.3, -0.25) is 9.48 Å². The van der Waals surface area contributed by atoms with E-state index in [0.29, 0.717) is 29.8 Å². The van der Waals surface area contributed by atoms with Gasteiger partial charge in [0.15, 0.2) is 17.4 Å². The van der Waals surface area contributed by atoms with Crippen LogP contribution in [0.2, 0.25) is 0 Å².